The maximum Gasteiger partial charge on any atom is 0.258 e. The number of aromatic nitrogens is 2. The highest BCUT2D eigenvalue weighted by Gasteiger charge is 2.55. The molecule has 3 aromatic rings. The number of hydrogen-bond acceptors (Lipinski definition) is 6. The van der Waals surface area contributed by atoms with Crippen molar-refractivity contribution in [2.75, 3.05) is 11.9 Å². The lowest BCUT2D eigenvalue weighted by atomic mass is 9.88. The zero-order chi connectivity index (χ0) is 24.6. The number of allylic oxidation sites excluding steroid dienone is 2. The van der Waals surface area contributed by atoms with Crippen LogP contribution in [-0.2, 0) is 17.9 Å². The second-order valence-electron chi connectivity index (χ2n) is 9.97. The van der Waals surface area contributed by atoms with E-state index in [-0.39, 0.29) is 36.0 Å². The number of para-hydroxylation sites is 1. The number of aliphatic hydroxyl groups excluding tert-OH is 1. The Morgan fingerprint density at radius 3 is 2.75 bits per heavy atom. The standard InChI is InChI=1S/C28H30N4O4/c33-15-23-22-14-31-24(12-11-21(28(31)35)18-7-3-1-4-8-18)25(22)32(13-20-16-36-17-29-20)26(23)27(34)30-19-9-5-2-6-10-19/h2,5-7,9-12,16-17,22-23,25-26,33H,1,3-4,8,13-15H2,(H,30,34)/t22-,23-,25+,26-/m0/s1. The number of likely N-dealkylation sites (tertiary alicyclic amines) is 1. The molecule has 4 heterocycles. The van der Waals surface area contributed by atoms with Crippen molar-refractivity contribution in [3.05, 3.63) is 88.5 Å². The average molecular weight is 487 g/mol. The number of amides is 1. The number of rotatable bonds is 6. The van der Waals surface area contributed by atoms with E-state index >= 15 is 0 Å². The first-order valence-corrected chi connectivity index (χ1v) is 12.7. The van der Waals surface area contributed by atoms with Gasteiger partial charge in [0.2, 0.25) is 5.91 Å². The van der Waals surface area contributed by atoms with E-state index in [1.807, 2.05) is 47.0 Å². The summed E-state index contributed by atoms with van der Waals surface area (Å²) in [5.74, 6) is -0.574. The molecule has 0 unspecified atom stereocenters. The number of hydrogen-bond donors (Lipinski definition) is 2. The van der Waals surface area contributed by atoms with Crippen LogP contribution in [0.5, 0.6) is 0 Å². The summed E-state index contributed by atoms with van der Waals surface area (Å²) >= 11 is 0. The molecule has 1 saturated heterocycles. The molecule has 1 fully saturated rings. The Morgan fingerprint density at radius 2 is 2.03 bits per heavy atom. The molecule has 186 valence electrons. The summed E-state index contributed by atoms with van der Waals surface area (Å²) < 4.78 is 7.07. The summed E-state index contributed by atoms with van der Waals surface area (Å²) in [6, 6.07) is 12.6. The number of benzene rings is 1. The monoisotopic (exact) mass is 486 g/mol. The van der Waals surface area contributed by atoms with Gasteiger partial charge >= 0.3 is 0 Å². The summed E-state index contributed by atoms with van der Waals surface area (Å²) in [6.45, 7) is 0.710. The van der Waals surface area contributed by atoms with Crippen LogP contribution in [0.3, 0.4) is 0 Å². The van der Waals surface area contributed by atoms with Crippen molar-refractivity contribution in [3.63, 3.8) is 0 Å². The number of aliphatic hydroxyl groups is 1. The molecule has 4 atom stereocenters. The molecule has 36 heavy (non-hydrogen) atoms. The molecule has 0 bridgehead atoms. The summed E-state index contributed by atoms with van der Waals surface area (Å²) in [6.07, 6.45) is 9.37. The minimum Gasteiger partial charge on any atom is -0.451 e. The summed E-state index contributed by atoms with van der Waals surface area (Å²) in [5.41, 5.74) is 4.24. The van der Waals surface area contributed by atoms with Gasteiger partial charge in [0.1, 0.15) is 6.26 Å². The number of pyridine rings is 1. The molecule has 3 aliphatic rings. The Hall–Kier alpha value is -3.49. The van der Waals surface area contributed by atoms with Gasteiger partial charge in [0.25, 0.3) is 5.56 Å². The summed E-state index contributed by atoms with van der Waals surface area (Å²) in [7, 11) is 0. The Morgan fingerprint density at radius 1 is 1.17 bits per heavy atom. The molecular formula is C28H30N4O4. The lowest BCUT2D eigenvalue weighted by molar-refractivity contribution is -0.122. The molecule has 8 heteroatoms. The van der Waals surface area contributed by atoms with E-state index in [9.17, 15) is 14.7 Å². The molecule has 0 saturated carbocycles. The van der Waals surface area contributed by atoms with Crippen LogP contribution < -0.4 is 10.9 Å². The predicted octanol–water partition coefficient (Wildman–Crippen LogP) is 3.60. The van der Waals surface area contributed by atoms with Gasteiger partial charge in [-0.3, -0.25) is 14.5 Å². The fraction of sp³-hybridized carbons (Fsp3) is 0.393. The lowest BCUT2D eigenvalue weighted by Crippen LogP contribution is -2.45. The van der Waals surface area contributed by atoms with E-state index < -0.39 is 6.04 Å². The number of carbonyl (C=O) groups is 1. The molecule has 2 aliphatic heterocycles. The van der Waals surface area contributed by atoms with Crippen LogP contribution in [0, 0.1) is 11.8 Å². The first-order chi connectivity index (χ1) is 17.7. The zero-order valence-electron chi connectivity index (χ0n) is 20.0. The van der Waals surface area contributed by atoms with Gasteiger partial charge < -0.3 is 19.4 Å². The van der Waals surface area contributed by atoms with Crippen LogP contribution in [0.4, 0.5) is 5.69 Å². The Kier molecular flexibility index (Phi) is 6.07. The van der Waals surface area contributed by atoms with E-state index in [0.717, 1.165) is 36.1 Å². The van der Waals surface area contributed by atoms with E-state index in [2.05, 4.69) is 21.3 Å². The third kappa shape index (κ3) is 3.90. The Balaban J connectivity index is 1.39. The highest BCUT2D eigenvalue weighted by atomic mass is 16.3. The SMILES string of the molecule is O=C(Nc1ccccc1)[C@@H]1[C@@H](CO)[C@@H]2Cn3c(ccc(C4=CCCCC4)c3=O)[C@@H]2N1Cc1cocn1. The van der Waals surface area contributed by atoms with Crippen LogP contribution in [0.25, 0.3) is 5.57 Å². The van der Waals surface area contributed by atoms with Crippen LogP contribution in [0.2, 0.25) is 0 Å². The molecule has 8 nitrogen and oxygen atoms in total. The highest BCUT2D eigenvalue weighted by Crippen LogP contribution is 2.50. The number of carbonyl (C=O) groups excluding carboxylic acids is 1. The predicted molar refractivity (Wildman–Crippen MR) is 135 cm³/mol. The van der Waals surface area contributed by atoms with Crippen LogP contribution in [-0.4, -0.2) is 38.1 Å². The Labute approximate surface area is 209 Å². The number of nitrogens with zero attached hydrogens (tertiary/aromatic N) is 3. The quantitative estimate of drug-likeness (QED) is 0.552. The van der Waals surface area contributed by atoms with Crippen molar-refractivity contribution >= 4 is 17.2 Å². The molecule has 0 radical (unpaired) electrons. The smallest absolute Gasteiger partial charge is 0.258 e. The zero-order valence-corrected chi connectivity index (χ0v) is 20.0. The molecular weight excluding hydrogens is 456 g/mol. The van der Waals surface area contributed by atoms with Gasteiger partial charge in [-0.15, -0.1) is 0 Å². The van der Waals surface area contributed by atoms with Gasteiger partial charge in [-0.2, -0.15) is 0 Å². The lowest BCUT2D eigenvalue weighted by Gasteiger charge is -2.30. The van der Waals surface area contributed by atoms with Gasteiger partial charge in [0, 0.05) is 48.5 Å². The van der Waals surface area contributed by atoms with Gasteiger partial charge in [-0.05, 0) is 55.5 Å². The third-order valence-corrected chi connectivity index (χ3v) is 7.97. The minimum atomic E-state index is -0.577. The fourth-order valence-corrected chi connectivity index (χ4v) is 6.35. The number of anilines is 1. The van der Waals surface area contributed by atoms with Crippen molar-refractivity contribution in [1.82, 2.24) is 14.5 Å². The van der Waals surface area contributed by atoms with E-state index in [4.69, 9.17) is 4.42 Å². The van der Waals surface area contributed by atoms with Crippen LogP contribution in [0.15, 0.2) is 70.4 Å². The number of nitrogens with one attached hydrogen (secondary N) is 1. The van der Waals surface area contributed by atoms with Crippen LogP contribution >= 0.6 is 0 Å². The molecule has 6 rings (SSSR count). The highest BCUT2D eigenvalue weighted by molar-refractivity contribution is 5.95. The summed E-state index contributed by atoms with van der Waals surface area (Å²) in [4.78, 5) is 33.6. The van der Waals surface area contributed by atoms with E-state index in [1.54, 1.807) is 6.26 Å². The third-order valence-electron chi connectivity index (χ3n) is 7.97. The van der Waals surface area contributed by atoms with E-state index in [0.29, 0.717) is 24.5 Å². The second-order valence-corrected chi connectivity index (χ2v) is 9.97. The fourth-order valence-electron chi connectivity index (χ4n) is 6.35. The molecule has 1 aromatic carbocycles. The molecule has 1 aliphatic carbocycles. The molecule has 2 aromatic heterocycles. The van der Waals surface area contributed by atoms with Gasteiger partial charge in [0.15, 0.2) is 6.39 Å². The second kappa shape index (κ2) is 9.52. The van der Waals surface area contributed by atoms with Crippen molar-refractivity contribution < 1.29 is 14.3 Å². The van der Waals surface area contributed by atoms with Gasteiger partial charge in [-0.1, -0.05) is 24.3 Å². The topological polar surface area (TPSA) is 101 Å². The molecule has 0 spiro atoms. The van der Waals surface area contributed by atoms with Gasteiger partial charge in [0.05, 0.1) is 17.8 Å². The number of oxazole rings is 1. The Bertz CT molecular complexity index is 1330. The first kappa shape index (κ1) is 22.9. The largest absolute Gasteiger partial charge is 0.451 e. The maximum absolute atomic E-state index is 13.6. The maximum atomic E-state index is 13.6. The molecule has 1 amide bonds. The minimum absolute atomic E-state index is 0.0263. The summed E-state index contributed by atoms with van der Waals surface area (Å²) in [5, 5.41) is 13.5. The number of fused-ring (bicyclic) bond motifs is 3. The first-order valence-electron chi connectivity index (χ1n) is 12.7. The van der Waals surface area contributed by atoms with Gasteiger partial charge in [-0.25, -0.2) is 4.98 Å². The normalized spacial score (nSPS) is 25.3. The van der Waals surface area contributed by atoms with Crippen molar-refractivity contribution in [2.45, 2.75) is 50.9 Å². The van der Waals surface area contributed by atoms with Crippen LogP contribution in [0.1, 0.15) is 48.7 Å². The molecule has 2 N–H and O–H groups in total. The van der Waals surface area contributed by atoms with Crippen molar-refractivity contribution in [3.8, 4) is 0 Å². The van der Waals surface area contributed by atoms with Crippen molar-refractivity contribution in [1.29, 1.82) is 0 Å². The van der Waals surface area contributed by atoms with E-state index in [1.165, 1.54) is 12.8 Å². The van der Waals surface area contributed by atoms with Crippen molar-refractivity contribution in [2.24, 2.45) is 11.8 Å². The average Bonchev–Trinajstić information content (AvgIpc) is 3.62.